The number of para-hydroxylation sites is 1. The number of methoxy groups -OCH3 is 1. The number of aromatic nitrogens is 1. The molecule has 8 heteroatoms. The molecule has 2 N–H and O–H groups in total. The lowest BCUT2D eigenvalue weighted by molar-refractivity contribution is 0.143. The monoisotopic (exact) mass is 514 g/mol. The Labute approximate surface area is 190 Å². The summed E-state index contributed by atoms with van der Waals surface area (Å²) in [6, 6.07) is 13.7. The first-order chi connectivity index (χ1) is 13.8. The number of nitrogens with one attached hydrogen (secondary N) is 2. The van der Waals surface area contributed by atoms with Crippen LogP contribution < -0.4 is 20.1 Å². The Morgan fingerprint density at radius 2 is 1.83 bits per heavy atom. The summed E-state index contributed by atoms with van der Waals surface area (Å²) in [5, 5.41) is 6.58. The number of ether oxygens (including phenoxy) is 3. The number of hydrogen-bond donors (Lipinski definition) is 2. The molecule has 0 aliphatic rings. The maximum atomic E-state index is 5.70. The molecule has 29 heavy (non-hydrogen) atoms. The smallest absolute Gasteiger partial charge is 0.218 e. The topological polar surface area (TPSA) is 77.0 Å². The molecular formula is C21H31IN4O3. The van der Waals surface area contributed by atoms with Crippen LogP contribution in [0.25, 0.3) is 0 Å². The number of halogens is 1. The Morgan fingerprint density at radius 1 is 1.00 bits per heavy atom. The Morgan fingerprint density at radius 3 is 2.59 bits per heavy atom. The maximum absolute atomic E-state index is 5.70. The molecule has 0 aliphatic heterocycles. The van der Waals surface area contributed by atoms with E-state index in [1.165, 1.54) is 0 Å². The third kappa shape index (κ3) is 10.3. The zero-order chi connectivity index (χ0) is 19.9. The van der Waals surface area contributed by atoms with Crippen LogP contribution in [-0.2, 0) is 11.3 Å². The van der Waals surface area contributed by atoms with Gasteiger partial charge in [-0.05, 0) is 31.5 Å². The van der Waals surface area contributed by atoms with Crippen molar-refractivity contribution in [1.29, 1.82) is 0 Å². The van der Waals surface area contributed by atoms with Crippen molar-refractivity contribution in [3.63, 3.8) is 0 Å². The first kappa shape index (κ1) is 25.0. The molecule has 2 aromatic rings. The van der Waals surface area contributed by atoms with Crippen molar-refractivity contribution in [2.24, 2.45) is 4.99 Å². The van der Waals surface area contributed by atoms with Crippen LogP contribution in [0.1, 0.15) is 18.9 Å². The maximum Gasteiger partial charge on any atom is 0.218 e. The van der Waals surface area contributed by atoms with Crippen LogP contribution in [0.4, 0.5) is 0 Å². The van der Waals surface area contributed by atoms with Crippen LogP contribution in [0.2, 0.25) is 0 Å². The van der Waals surface area contributed by atoms with E-state index >= 15 is 0 Å². The summed E-state index contributed by atoms with van der Waals surface area (Å²) < 4.78 is 16.4. The van der Waals surface area contributed by atoms with Gasteiger partial charge in [-0.2, -0.15) is 0 Å². The second kappa shape index (κ2) is 15.8. The summed E-state index contributed by atoms with van der Waals surface area (Å²) in [6.07, 6.45) is 2.59. The molecule has 0 fully saturated rings. The molecule has 1 aromatic carbocycles. The molecule has 0 amide bonds. The standard InChI is InChI=1S/C21H30N4O3.HI/c1-3-22-21(24-13-8-14-27-19-10-5-4-6-11-19)25-17-18-9-7-12-23-20(18)28-16-15-26-2;/h4-7,9-12H,3,8,13-17H2,1-2H3,(H2,22,24,25);1H. The van der Waals surface area contributed by atoms with Gasteiger partial charge in [0.1, 0.15) is 12.4 Å². The third-order valence-electron chi connectivity index (χ3n) is 3.75. The van der Waals surface area contributed by atoms with Gasteiger partial charge < -0.3 is 24.8 Å². The Hall–Kier alpha value is -2.07. The molecule has 0 aliphatic carbocycles. The average molecular weight is 514 g/mol. The van der Waals surface area contributed by atoms with E-state index in [1.54, 1.807) is 13.3 Å². The largest absolute Gasteiger partial charge is 0.494 e. The molecule has 0 radical (unpaired) electrons. The molecule has 0 atom stereocenters. The number of benzene rings is 1. The second-order valence-corrected chi connectivity index (χ2v) is 5.95. The van der Waals surface area contributed by atoms with E-state index in [9.17, 15) is 0 Å². The van der Waals surface area contributed by atoms with Gasteiger partial charge in [-0.25, -0.2) is 9.98 Å². The minimum Gasteiger partial charge on any atom is -0.494 e. The van der Waals surface area contributed by atoms with Crippen LogP contribution in [0.5, 0.6) is 11.6 Å². The summed E-state index contributed by atoms with van der Waals surface area (Å²) in [5.41, 5.74) is 0.934. The van der Waals surface area contributed by atoms with Crippen molar-refractivity contribution in [3.8, 4) is 11.6 Å². The lowest BCUT2D eigenvalue weighted by atomic mass is 10.3. The molecule has 7 nitrogen and oxygen atoms in total. The summed E-state index contributed by atoms with van der Waals surface area (Å²) in [5.74, 6) is 2.24. The number of rotatable bonds is 12. The fourth-order valence-corrected chi connectivity index (χ4v) is 2.39. The zero-order valence-electron chi connectivity index (χ0n) is 17.1. The van der Waals surface area contributed by atoms with E-state index in [0.717, 1.165) is 36.8 Å². The van der Waals surface area contributed by atoms with Crippen LogP contribution in [0.15, 0.2) is 53.7 Å². The van der Waals surface area contributed by atoms with E-state index in [-0.39, 0.29) is 24.0 Å². The van der Waals surface area contributed by atoms with Crippen molar-refractivity contribution in [1.82, 2.24) is 15.6 Å². The van der Waals surface area contributed by atoms with Gasteiger partial charge in [-0.15, -0.1) is 24.0 Å². The van der Waals surface area contributed by atoms with Crippen molar-refractivity contribution in [2.75, 3.05) is 40.0 Å². The van der Waals surface area contributed by atoms with Crippen molar-refractivity contribution >= 4 is 29.9 Å². The van der Waals surface area contributed by atoms with Crippen LogP contribution in [0.3, 0.4) is 0 Å². The highest BCUT2D eigenvalue weighted by atomic mass is 127. The van der Waals surface area contributed by atoms with Gasteiger partial charge in [0.15, 0.2) is 5.96 Å². The van der Waals surface area contributed by atoms with Gasteiger partial charge in [0.25, 0.3) is 0 Å². The van der Waals surface area contributed by atoms with E-state index < -0.39 is 0 Å². The molecule has 0 spiro atoms. The lowest BCUT2D eigenvalue weighted by Crippen LogP contribution is -2.38. The van der Waals surface area contributed by atoms with Gasteiger partial charge in [0.05, 0.1) is 19.8 Å². The molecule has 1 aromatic heterocycles. The summed E-state index contributed by atoms with van der Waals surface area (Å²) >= 11 is 0. The molecular weight excluding hydrogens is 483 g/mol. The minimum absolute atomic E-state index is 0. The number of guanidine groups is 1. The van der Waals surface area contributed by atoms with Crippen LogP contribution >= 0.6 is 24.0 Å². The zero-order valence-corrected chi connectivity index (χ0v) is 19.4. The van der Waals surface area contributed by atoms with Gasteiger partial charge in [0, 0.05) is 32.0 Å². The Kier molecular flexibility index (Phi) is 13.6. The van der Waals surface area contributed by atoms with Crippen LogP contribution in [-0.4, -0.2) is 51.0 Å². The summed E-state index contributed by atoms with van der Waals surface area (Å²) in [6.45, 7) is 5.71. The highest BCUT2D eigenvalue weighted by molar-refractivity contribution is 14.0. The molecule has 1 heterocycles. The van der Waals surface area contributed by atoms with Gasteiger partial charge in [-0.3, -0.25) is 0 Å². The number of nitrogens with zero attached hydrogens (tertiary/aromatic N) is 2. The molecule has 160 valence electrons. The first-order valence-corrected chi connectivity index (χ1v) is 9.59. The van der Waals surface area contributed by atoms with Crippen molar-refractivity contribution in [3.05, 3.63) is 54.2 Å². The normalized spacial score (nSPS) is 10.8. The molecule has 2 rings (SSSR count). The van der Waals surface area contributed by atoms with Crippen LogP contribution in [0, 0.1) is 0 Å². The van der Waals surface area contributed by atoms with E-state index in [0.29, 0.717) is 32.2 Å². The highest BCUT2D eigenvalue weighted by Crippen LogP contribution is 2.15. The predicted octanol–water partition coefficient (Wildman–Crippen LogP) is 3.25. The number of aliphatic imine (C=N–C) groups is 1. The van der Waals surface area contributed by atoms with Crippen molar-refractivity contribution in [2.45, 2.75) is 19.9 Å². The first-order valence-electron chi connectivity index (χ1n) is 9.59. The van der Waals surface area contributed by atoms with E-state index in [1.807, 2.05) is 49.4 Å². The lowest BCUT2D eigenvalue weighted by Gasteiger charge is -2.13. The molecule has 0 unspecified atom stereocenters. The SMILES string of the molecule is CCNC(=NCc1cccnc1OCCOC)NCCCOc1ccccc1.I. The van der Waals surface area contributed by atoms with Crippen molar-refractivity contribution < 1.29 is 14.2 Å². The van der Waals surface area contributed by atoms with Gasteiger partial charge in [0.2, 0.25) is 5.88 Å². The number of hydrogen-bond acceptors (Lipinski definition) is 5. The average Bonchev–Trinajstić information content (AvgIpc) is 2.73. The summed E-state index contributed by atoms with van der Waals surface area (Å²) in [4.78, 5) is 8.92. The van der Waals surface area contributed by atoms with Gasteiger partial charge in [-0.1, -0.05) is 24.3 Å². The summed E-state index contributed by atoms with van der Waals surface area (Å²) in [7, 11) is 1.65. The fourth-order valence-electron chi connectivity index (χ4n) is 2.39. The molecule has 0 saturated carbocycles. The molecule has 0 saturated heterocycles. The highest BCUT2D eigenvalue weighted by Gasteiger charge is 2.05. The van der Waals surface area contributed by atoms with E-state index in [4.69, 9.17) is 14.2 Å². The Balaban J connectivity index is 0.00000420. The fraction of sp³-hybridized carbons (Fsp3) is 0.429. The quantitative estimate of drug-likeness (QED) is 0.196. The number of pyridine rings is 1. The Bertz CT molecular complexity index is 701. The van der Waals surface area contributed by atoms with E-state index in [2.05, 4.69) is 20.6 Å². The third-order valence-corrected chi connectivity index (χ3v) is 3.75. The predicted molar refractivity (Wildman–Crippen MR) is 126 cm³/mol. The van der Waals surface area contributed by atoms with Gasteiger partial charge >= 0.3 is 0 Å². The molecule has 0 bridgehead atoms. The second-order valence-electron chi connectivity index (χ2n) is 5.95. The minimum atomic E-state index is 0.